The van der Waals surface area contributed by atoms with Gasteiger partial charge in [-0.05, 0) is 67.2 Å². The number of likely N-dealkylation sites (tertiary alicyclic amines) is 1. The third-order valence-corrected chi connectivity index (χ3v) is 7.28. The number of para-hydroxylation sites is 1. The van der Waals surface area contributed by atoms with Crippen LogP contribution in [0.3, 0.4) is 0 Å². The van der Waals surface area contributed by atoms with Crippen molar-refractivity contribution in [2.75, 3.05) is 26.3 Å². The summed E-state index contributed by atoms with van der Waals surface area (Å²) in [6.07, 6.45) is 8.68. The van der Waals surface area contributed by atoms with Crippen LogP contribution in [0.15, 0.2) is 91.1 Å². The summed E-state index contributed by atoms with van der Waals surface area (Å²) in [5.74, 6) is 2.12. The molecule has 0 atom stereocenters. The minimum absolute atomic E-state index is 0.0451. The Bertz CT molecular complexity index is 1420. The number of hydrogen-bond acceptors (Lipinski definition) is 4. The topological polar surface area (TPSA) is 56.6 Å². The molecule has 0 radical (unpaired) electrons. The number of amides is 1. The first-order valence-corrected chi connectivity index (χ1v) is 13.3. The van der Waals surface area contributed by atoms with Gasteiger partial charge in [-0.1, -0.05) is 48.5 Å². The van der Waals surface area contributed by atoms with Gasteiger partial charge < -0.3 is 14.4 Å². The lowest BCUT2D eigenvalue weighted by atomic mass is 9.90. The van der Waals surface area contributed by atoms with Gasteiger partial charge in [0.2, 0.25) is 5.91 Å². The molecule has 0 N–H and O–H groups in total. The summed E-state index contributed by atoms with van der Waals surface area (Å²) in [6.45, 7) is 2.66. The highest BCUT2D eigenvalue weighted by Crippen LogP contribution is 2.35. The molecule has 1 aromatic heterocycles. The molecule has 6 rings (SSSR count). The first kappa shape index (κ1) is 24.0. The molecule has 0 saturated carbocycles. The molecule has 6 nitrogen and oxygen atoms in total. The molecule has 1 saturated heterocycles. The molecule has 38 heavy (non-hydrogen) atoms. The number of ether oxygens (including phenoxy) is 2. The van der Waals surface area contributed by atoms with E-state index in [2.05, 4.69) is 30.3 Å². The highest BCUT2D eigenvalue weighted by molar-refractivity contribution is 5.93. The first-order chi connectivity index (χ1) is 18.7. The third kappa shape index (κ3) is 5.35. The van der Waals surface area contributed by atoms with Gasteiger partial charge in [-0.15, -0.1) is 0 Å². The maximum absolute atomic E-state index is 13.1. The Morgan fingerprint density at radius 2 is 1.61 bits per heavy atom. The Morgan fingerprint density at radius 1 is 0.895 bits per heavy atom. The second kappa shape index (κ2) is 11.0. The van der Waals surface area contributed by atoms with Crippen molar-refractivity contribution in [2.45, 2.75) is 19.3 Å². The number of hydrogen-bond donors (Lipinski definition) is 0. The fourth-order valence-corrected chi connectivity index (χ4v) is 5.21. The lowest BCUT2D eigenvalue weighted by Crippen LogP contribution is -2.37. The second-order valence-corrected chi connectivity index (χ2v) is 9.86. The van der Waals surface area contributed by atoms with Crippen molar-refractivity contribution in [3.8, 4) is 28.4 Å². The maximum Gasteiger partial charge on any atom is 0.246 e. The summed E-state index contributed by atoms with van der Waals surface area (Å²) in [6, 6.07) is 26.5. The van der Waals surface area contributed by atoms with Crippen LogP contribution in [-0.4, -0.2) is 46.9 Å². The van der Waals surface area contributed by atoms with E-state index in [1.165, 1.54) is 5.56 Å². The summed E-state index contributed by atoms with van der Waals surface area (Å²) >= 11 is 0. The SMILES string of the molecule is O=C(/C=C/c1cn(-c2ccccc2)nc1-c1ccc2c(c1)OCCO2)N1CCC(Cc2ccccc2)CC1. The van der Waals surface area contributed by atoms with Gasteiger partial charge in [0.1, 0.15) is 18.9 Å². The van der Waals surface area contributed by atoms with Crippen molar-refractivity contribution in [3.63, 3.8) is 0 Å². The Morgan fingerprint density at radius 3 is 2.37 bits per heavy atom. The van der Waals surface area contributed by atoms with E-state index >= 15 is 0 Å². The number of rotatable bonds is 6. The van der Waals surface area contributed by atoms with Crippen molar-refractivity contribution in [1.29, 1.82) is 0 Å². The minimum atomic E-state index is 0.0451. The zero-order chi connectivity index (χ0) is 25.7. The monoisotopic (exact) mass is 505 g/mol. The van der Waals surface area contributed by atoms with Crippen LogP contribution in [0.4, 0.5) is 0 Å². The number of carbonyl (C=O) groups is 1. The highest BCUT2D eigenvalue weighted by Gasteiger charge is 2.22. The van der Waals surface area contributed by atoms with E-state index in [1.807, 2.05) is 70.4 Å². The highest BCUT2D eigenvalue weighted by atomic mass is 16.6. The fourth-order valence-electron chi connectivity index (χ4n) is 5.21. The summed E-state index contributed by atoms with van der Waals surface area (Å²) < 4.78 is 13.3. The number of carbonyl (C=O) groups excluding carboxylic acids is 1. The molecule has 1 fully saturated rings. The number of nitrogens with zero attached hydrogens (tertiary/aromatic N) is 3. The molecule has 3 heterocycles. The van der Waals surface area contributed by atoms with Gasteiger partial charge in [0, 0.05) is 36.5 Å². The predicted octanol–water partition coefficient (Wildman–Crippen LogP) is 5.81. The molecule has 0 bridgehead atoms. The largest absolute Gasteiger partial charge is 0.486 e. The van der Waals surface area contributed by atoms with E-state index in [0.29, 0.717) is 24.9 Å². The third-order valence-electron chi connectivity index (χ3n) is 7.28. The van der Waals surface area contributed by atoms with Crippen LogP contribution in [0.25, 0.3) is 23.0 Å². The number of piperidine rings is 1. The molecule has 2 aliphatic heterocycles. The van der Waals surface area contributed by atoms with Crippen LogP contribution in [0.1, 0.15) is 24.0 Å². The normalized spacial score (nSPS) is 15.6. The van der Waals surface area contributed by atoms with E-state index in [-0.39, 0.29) is 5.91 Å². The van der Waals surface area contributed by atoms with Crippen LogP contribution in [0.5, 0.6) is 11.5 Å². The summed E-state index contributed by atoms with van der Waals surface area (Å²) in [5, 5.41) is 4.88. The predicted molar refractivity (Wildman–Crippen MR) is 148 cm³/mol. The van der Waals surface area contributed by atoms with E-state index in [9.17, 15) is 4.79 Å². The van der Waals surface area contributed by atoms with Crippen molar-refractivity contribution in [3.05, 3.63) is 102 Å². The van der Waals surface area contributed by atoms with Gasteiger partial charge in [0.15, 0.2) is 11.5 Å². The summed E-state index contributed by atoms with van der Waals surface area (Å²) in [7, 11) is 0. The second-order valence-electron chi connectivity index (χ2n) is 9.86. The van der Waals surface area contributed by atoms with Crippen LogP contribution < -0.4 is 9.47 Å². The van der Waals surface area contributed by atoms with E-state index in [4.69, 9.17) is 14.6 Å². The van der Waals surface area contributed by atoms with Crippen molar-refractivity contribution in [1.82, 2.24) is 14.7 Å². The number of aromatic nitrogens is 2. The van der Waals surface area contributed by atoms with E-state index in [1.54, 1.807) is 6.08 Å². The Kier molecular flexibility index (Phi) is 6.94. The van der Waals surface area contributed by atoms with Crippen LogP contribution in [-0.2, 0) is 11.2 Å². The molecule has 192 valence electrons. The quantitative estimate of drug-likeness (QED) is 0.311. The zero-order valence-corrected chi connectivity index (χ0v) is 21.3. The average Bonchev–Trinajstić information content (AvgIpc) is 3.41. The van der Waals surface area contributed by atoms with Crippen LogP contribution in [0, 0.1) is 5.92 Å². The van der Waals surface area contributed by atoms with Gasteiger partial charge in [-0.3, -0.25) is 4.79 Å². The fraction of sp³-hybridized carbons (Fsp3) is 0.250. The van der Waals surface area contributed by atoms with E-state index < -0.39 is 0 Å². The summed E-state index contributed by atoms with van der Waals surface area (Å²) in [4.78, 5) is 15.1. The summed E-state index contributed by atoms with van der Waals surface area (Å²) in [5.41, 5.74) is 4.91. The van der Waals surface area contributed by atoms with Crippen LogP contribution >= 0.6 is 0 Å². The molecule has 0 unspecified atom stereocenters. The van der Waals surface area contributed by atoms with E-state index in [0.717, 1.165) is 60.6 Å². The first-order valence-electron chi connectivity index (χ1n) is 13.3. The molecule has 6 heteroatoms. The lowest BCUT2D eigenvalue weighted by Gasteiger charge is -2.31. The van der Waals surface area contributed by atoms with Crippen molar-refractivity contribution in [2.24, 2.45) is 5.92 Å². The molecule has 3 aromatic carbocycles. The minimum Gasteiger partial charge on any atom is -0.486 e. The Hall–Kier alpha value is -4.32. The van der Waals surface area contributed by atoms with Gasteiger partial charge in [0.25, 0.3) is 0 Å². The Balaban J connectivity index is 1.20. The molecule has 1 amide bonds. The number of fused-ring (bicyclic) bond motifs is 1. The molecule has 4 aromatic rings. The average molecular weight is 506 g/mol. The zero-order valence-electron chi connectivity index (χ0n) is 21.3. The standard InChI is InChI=1S/C32H31N3O3/c36-31(34-17-15-25(16-18-34)21-24-7-3-1-4-8-24)14-12-27-23-35(28-9-5-2-6-10-28)33-32(27)26-11-13-29-30(22-26)38-20-19-37-29/h1-14,22-23,25H,15-21H2/b14-12+. The van der Waals surface area contributed by atoms with Crippen molar-refractivity contribution < 1.29 is 14.3 Å². The molecule has 0 spiro atoms. The van der Waals surface area contributed by atoms with Crippen molar-refractivity contribution >= 4 is 12.0 Å². The van der Waals surface area contributed by atoms with Crippen LogP contribution in [0.2, 0.25) is 0 Å². The maximum atomic E-state index is 13.1. The number of benzene rings is 3. The molecule has 2 aliphatic rings. The van der Waals surface area contributed by atoms with Gasteiger partial charge in [0.05, 0.1) is 5.69 Å². The lowest BCUT2D eigenvalue weighted by molar-refractivity contribution is -0.127. The van der Waals surface area contributed by atoms with Gasteiger partial charge in [-0.2, -0.15) is 5.10 Å². The van der Waals surface area contributed by atoms with Gasteiger partial charge >= 0.3 is 0 Å². The van der Waals surface area contributed by atoms with Gasteiger partial charge in [-0.25, -0.2) is 4.68 Å². The molecular weight excluding hydrogens is 474 g/mol. The molecule has 0 aliphatic carbocycles. The Labute approximate surface area is 223 Å². The molecular formula is C32H31N3O3. The smallest absolute Gasteiger partial charge is 0.246 e.